The number of carbonyl (C=O) groups excluding carboxylic acids is 1. The average molecular weight is 281 g/mol. The summed E-state index contributed by atoms with van der Waals surface area (Å²) in [6, 6.07) is 15.8. The van der Waals surface area contributed by atoms with Gasteiger partial charge in [-0.1, -0.05) is 30.3 Å². The van der Waals surface area contributed by atoms with Crippen molar-refractivity contribution in [2.24, 2.45) is 0 Å². The molecule has 2 aromatic rings. The van der Waals surface area contributed by atoms with Crippen LogP contribution in [-0.2, 0) is 11.2 Å². The lowest BCUT2D eigenvalue weighted by atomic mass is 9.85. The van der Waals surface area contributed by atoms with E-state index in [4.69, 9.17) is 4.74 Å². The number of ether oxygens (including phenoxy) is 1. The smallest absolute Gasteiger partial charge is 0.144 e. The van der Waals surface area contributed by atoms with E-state index in [0.29, 0.717) is 6.42 Å². The van der Waals surface area contributed by atoms with Crippen molar-refractivity contribution < 1.29 is 9.53 Å². The maximum atomic E-state index is 12.7. The Morgan fingerprint density at radius 2 is 2.10 bits per heavy atom. The molecule has 0 bridgehead atoms. The third kappa shape index (κ3) is 2.92. The number of benzene rings is 2. The van der Waals surface area contributed by atoms with Crippen LogP contribution in [0.5, 0.6) is 5.75 Å². The molecular weight excluding hydrogens is 262 g/mol. The molecule has 3 heteroatoms. The number of ketones is 1. The van der Waals surface area contributed by atoms with E-state index >= 15 is 0 Å². The Morgan fingerprint density at radius 1 is 1.24 bits per heavy atom. The molecule has 108 valence electrons. The lowest BCUT2D eigenvalue weighted by Crippen LogP contribution is -2.24. The first-order valence-corrected chi connectivity index (χ1v) is 7.26. The molecule has 0 amide bonds. The fourth-order valence-corrected chi connectivity index (χ4v) is 2.91. The molecule has 0 spiro atoms. The van der Waals surface area contributed by atoms with Crippen LogP contribution in [0.2, 0.25) is 0 Å². The molecule has 0 aliphatic carbocycles. The maximum absolute atomic E-state index is 12.7. The summed E-state index contributed by atoms with van der Waals surface area (Å²) in [5, 5.41) is 3.36. The van der Waals surface area contributed by atoms with Gasteiger partial charge in [0.25, 0.3) is 0 Å². The number of rotatable bonds is 4. The predicted molar refractivity (Wildman–Crippen MR) is 84.0 cm³/mol. The Labute approximate surface area is 124 Å². The average Bonchev–Trinajstić information content (AvgIpc) is 2.54. The van der Waals surface area contributed by atoms with Crippen molar-refractivity contribution in [3.05, 3.63) is 59.7 Å². The Hall–Kier alpha value is -2.29. The third-order valence-corrected chi connectivity index (χ3v) is 3.99. The Bertz CT molecular complexity index is 651. The van der Waals surface area contributed by atoms with Crippen molar-refractivity contribution in [3.63, 3.8) is 0 Å². The minimum atomic E-state index is -0.00588. The molecular formula is C18H19NO2. The molecule has 0 aromatic heterocycles. The number of anilines is 1. The van der Waals surface area contributed by atoms with Gasteiger partial charge in [-0.15, -0.1) is 0 Å². The molecule has 0 saturated carbocycles. The highest BCUT2D eigenvalue weighted by Gasteiger charge is 2.25. The van der Waals surface area contributed by atoms with Crippen LogP contribution in [0.3, 0.4) is 0 Å². The van der Waals surface area contributed by atoms with E-state index in [1.165, 1.54) is 0 Å². The van der Waals surface area contributed by atoms with Crippen LogP contribution >= 0.6 is 0 Å². The van der Waals surface area contributed by atoms with Gasteiger partial charge in [0.2, 0.25) is 0 Å². The first-order valence-electron chi connectivity index (χ1n) is 7.26. The van der Waals surface area contributed by atoms with Gasteiger partial charge in [0.15, 0.2) is 0 Å². The number of hydrogen-bond donors (Lipinski definition) is 1. The molecule has 21 heavy (non-hydrogen) atoms. The summed E-state index contributed by atoms with van der Waals surface area (Å²) >= 11 is 0. The molecule has 0 saturated heterocycles. The van der Waals surface area contributed by atoms with E-state index < -0.39 is 0 Å². The molecule has 0 fully saturated rings. The maximum Gasteiger partial charge on any atom is 0.144 e. The number of para-hydroxylation sites is 1. The van der Waals surface area contributed by atoms with Crippen LogP contribution in [0.1, 0.15) is 23.5 Å². The molecule has 1 heterocycles. The van der Waals surface area contributed by atoms with E-state index in [1.807, 2.05) is 42.5 Å². The van der Waals surface area contributed by atoms with Gasteiger partial charge >= 0.3 is 0 Å². The summed E-state index contributed by atoms with van der Waals surface area (Å²) in [4.78, 5) is 12.7. The standard InChI is InChI=1S/C18H19NO2/c1-21-14-6-4-5-13(11-14)12-18(20)16-9-10-19-17-8-3-2-7-15(16)17/h2-8,11,16,19H,9-10,12H2,1H3. The molecule has 1 N–H and O–H groups in total. The van der Waals surface area contributed by atoms with Crippen molar-refractivity contribution >= 4 is 11.5 Å². The van der Waals surface area contributed by atoms with Gasteiger partial charge in [0, 0.05) is 24.6 Å². The topological polar surface area (TPSA) is 38.3 Å². The number of Topliss-reactive ketones (excluding diaryl/α,β-unsaturated/α-hetero) is 1. The highest BCUT2D eigenvalue weighted by atomic mass is 16.5. The van der Waals surface area contributed by atoms with Gasteiger partial charge in [-0.2, -0.15) is 0 Å². The SMILES string of the molecule is COc1cccc(CC(=O)C2CCNc3ccccc32)c1. The summed E-state index contributed by atoms with van der Waals surface area (Å²) in [6.07, 6.45) is 1.32. The van der Waals surface area contributed by atoms with E-state index in [-0.39, 0.29) is 11.7 Å². The van der Waals surface area contributed by atoms with Gasteiger partial charge in [0.1, 0.15) is 11.5 Å². The number of methoxy groups -OCH3 is 1. The number of fused-ring (bicyclic) bond motifs is 1. The van der Waals surface area contributed by atoms with E-state index in [0.717, 1.165) is 35.5 Å². The van der Waals surface area contributed by atoms with Crippen LogP contribution in [0, 0.1) is 0 Å². The van der Waals surface area contributed by atoms with Gasteiger partial charge in [-0.25, -0.2) is 0 Å². The fraction of sp³-hybridized carbons (Fsp3) is 0.278. The van der Waals surface area contributed by atoms with Crippen molar-refractivity contribution in [2.75, 3.05) is 19.0 Å². The minimum Gasteiger partial charge on any atom is -0.497 e. The summed E-state index contributed by atoms with van der Waals surface area (Å²) in [7, 11) is 1.64. The van der Waals surface area contributed by atoms with Gasteiger partial charge in [0.05, 0.1) is 7.11 Å². The highest BCUT2D eigenvalue weighted by Crippen LogP contribution is 2.32. The summed E-state index contributed by atoms with van der Waals surface area (Å²) in [6.45, 7) is 0.853. The minimum absolute atomic E-state index is 0.00588. The number of hydrogen-bond acceptors (Lipinski definition) is 3. The Morgan fingerprint density at radius 3 is 2.95 bits per heavy atom. The molecule has 3 nitrogen and oxygen atoms in total. The lowest BCUT2D eigenvalue weighted by Gasteiger charge is -2.25. The molecule has 1 aliphatic heterocycles. The quantitative estimate of drug-likeness (QED) is 0.933. The van der Waals surface area contributed by atoms with Crippen LogP contribution in [-0.4, -0.2) is 19.4 Å². The van der Waals surface area contributed by atoms with Crippen molar-refractivity contribution in [1.82, 2.24) is 0 Å². The van der Waals surface area contributed by atoms with E-state index in [9.17, 15) is 4.79 Å². The van der Waals surface area contributed by atoms with Crippen molar-refractivity contribution in [2.45, 2.75) is 18.8 Å². The normalized spacial score (nSPS) is 16.7. The summed E-state index contributed by atoms with van der Waals surface area (Å²) < 4.78 is 5.22. The largest absolute Gasteiger partial charge is 0.497 e. The second kappa shape index (κ2) is 6.00. The van der Waals surface area contributed by atoms with Crippen LogP contribution in [0.15, 0.2) is 48.5 Å². The van der Waals surface area contributed by atoms with Crippen LogP contribution < -0.4 is 10.1 Å². The van der Waals surface area contributed by atoms with Crippen LogP contribution in [0.25, 0.3) is 0 Å². The van der Waals surface area contributed by atoms with Gasteiger partial charge < -0.3 is 10.1 Å². The Kier molecular flexibility index (Phi) is 3.91. The fourth-order valence-electron chi connectivity index (χ4n) is 2.91. The molecule has 1 unspecified atom stereocenters. The summed E-state index contributed by atoms with van der Waals surface area (Å²) in [5.41, 5.74) is 3.22. The molecule has 3 rings (SSSR count). The predicted octanol–water partition coefficient (Wildman–Crippen LogP) is 3.41. The third-order valence-electron chi connectivity index (χ3n) is 3.99. The molecule has 1 atom stereocenters. The van der Waals surface area contributed by atoms with E-state index in [1.54, 1.807) is 7.11 Å². The first-order chi connectivity index (χ1) is 10.3. The molecule has 0 radical (unpaired) electrons. The van der Waals surface area contributed by atoms with Crippen LogP contribution in [0.4, 0.5) is 5.69 Å². The summed E-state index contributed by atoms with van der Waals surface area (Å²) in [5.74, 6) is 1.07. The zero-order chi connectivity index (χ0) is 14.7. The van der Waals surface area contributed by atoms with Gasteiger partial charge in [-0.3, -0.25) is 4.79 Å². The number of nitrogens with one attached hydrogen (secondary N) is 1. The lowest BCUT2D eigenvalue weighted by molar-refractivity contribution is -0.120. The second-order valence-electron chi connectivity index (χ2n) is 5.35. The van der Waals surface area contributed by atoms with Crippen molar-refractivity contribution in [3.8, 4) is 5.75 Å². The van der Waals surface area contributed by atoms with Crippen molar-refractivity contribution in [1.29, 1.82) is 0 Å². The molecule has 2 aromatic carbocycles. The monoisotopic (exact) mass is 281 g/mol. The second-order valence-corrected chi connectivity index (χ2v) is 5.35. The Balaban J connectivity index is 1.80. The zero-order valence-corrected chi connectivity index (χ0v) is 12.1. The zero-order valence-electron chi connectivity index (χ0n) is 12.1. The molecule has 1 aliphatic rings. The van der Waals surface area contributed by atoms with Gasteiger partial charge in [-0.05, 0) is 35.7 Å². The first kappa shape index (κ1) is 13.7. The highest BCUT2D eigenvalue weighted by molar-refractivity contribution is 5.89. The van der Waals surface area contributed by atoms with E-state index in [2.05, 4.69) is 11.4 Å². The number of carbonyl (C=O) groups is 1.